The third-order valence-corrected chi connectivity index (χ3v) is 5.86. The number of benzene rings is 2. The van der Waals surface area contributed by atoms with Crippen LogP contribution < -0.4 is 5.73 Å². The maximum absolute atomic E-state index is 10.6. The third kappa shape index (κ3) is 6.36. The predicted molar refractivity (Wildman–Crippen MR) is 132 cm³/mol. The van der Waals surface area contributed by atoms with Gasteiger partial charge >= 0.3 is 0 Å². The number of aliphatic hydroxyl groups is 1. The van der Waals surface area contributed by atoms with Crippen LogP contribution in [0, 0.1) is 0 Å². The fourth-order valence-electron chi connectivity index (χ4n) is 4.34. The maximum atomic E-state index is 10.6. The summed E-state index contributed by atoms with van der Waals surface area (Å²) in [6.45, 7) is 7.95. The molecule has 1 heterocycles. The topological polar surface area (TPSA) is 62.4 Å². The predicted octanol–water partition coefficient (Wildman–Crippen LogP) is 5.28. The molecule has 1 unspecified atom stereocenters. The number of hydrogen-bond acceptors (Lipinski definition) is 4. The molecule has 1 aromatic heterocycles. The molecule has 3 rings (SSSR count). The summed E-state index contributed by atoms with van der Waals surface area (Å²) >= 11 is 0. The summed E-state index contributed by atoms with van der Waals surface area (Å²) in [6, 6.07) is 25.2. The average Bonchev–Trinajstić information content (AvgIpc) is 2.84. The van der Waals surface area contributed by atoms with Crippen LogP contribution in [-0.4, -0.2) is 34.1 Å². The SMILES string of the molecule is C=C(CC(O)c1cccnc1)C[C@@H](CN)N(CCC)C(c1ccccc1)c1ccccc1. The van der Waals surface area contributed by atoms with E-state index in [4.69, 9.17) is 5.73 Å². The summed E-state index contributed by atoms with van der Waals surface area (Å²) in [7, 11) is 0. The number of pyridine rings is 1. The second-order valence-corrected chi connectivity index (χ2v) is 8.31. The van der Waals surface area contributed by atoms with Crippen LogP contribution in [0.3, 0.4) is 0 Å². The zero-order valence-electron chi connectivity index (χ0n) is 19.0. The van der Waals surface area contributed by atoms with Crippen molar-refractivity contribution in [3.63, 3.8) is 0 Å². The van der Waals surface area contributed by atoms with E-state index in [1.807, 2.05) is 12.1 Å². The molecule has 2 aromatic carbocycles. The number of nitrogens with two attached hydrogens (primary N) is 1. The lowest BCUT2D eigenvalue weighted by molar-refractivity contribution is 0.149. The molecular weight excluding hydrogens is 394 g/mol. The Morgan fingerprint density at radius 2 is 1.53 bits per heavy atom. The van der Waals surface area contributed by atoms with E-state index >= 15 is 0 Å². The molecule has 2 atom stereocenters. The zero-order chi connectivity index (χ0) is 22.8. The van der Waals surface area contributed by atoms with Crippen molar-refractivity contribution in [2.45, 2.75) is 44.4 Å². The molecular formula is C28H35N3O. The normalized spacial score (nSPS) is 13.3. The van der Waals surface area contributed by atoms with Crippen LogP contribution in [0.15, 0.2) is 97.3 Å². The monoisotopic (exact) mass is 429 g/mol. The lowest BCUT2D eigenvalue weighted by Gasteiger charge is -2.39. The van der Waals surface area contributed by atoms with Crippen molar-refractivity contribution >= 4 is 0 Å². The summed E-state index contributed by atoms with van der Waals surface area (Å²) < 4.78 is 0. The van der Waals surface area contributed by atoms with Gasteiger partial charge in [-0.2, -0.15) is 0 Å². The largest absolute Gasteiger partial charge is 0.388 e. The van der Waals surface area contributed by atoms with Crippen molar-refractivity contribution in [3.05, 3.63) is 114 Å². The van der Waals surface area contributed by atoms with Crippen molar-refractivity contribution in [2.24, 2.45) is 5.73 Å². The number of rotatable bonds is 12. The van der Waals surface area contributed by atoms with Gasteiger partial charge in [-0.15, -0.1) is 0 Å². The third-order valence-electron chi connectivity index (χ3n) is 5.86. The number of nitrogens with zero attached hydrogens (tertiary/aromatic N) is 2. The Morgan fingerprint density at radius 1 is 0.938 bits per heavy atom. The van der Waals surface area contributed by atoms with Gasteiger partial charge in [0.05, 0.1) is 12.1 Å². The Hall–Kier alpha value is -2.79. The first-order valence-electron chi connectivity index (χ1n) is 11.4. The zero-order valence-corrected chi connectivity index (χ0v) is 19.0. The van der Waals surface area contributed by atoms with Gasteiger partial charge in [0.1, 0.15) is 0 Å². The molecule has 0 saturated carbocycles. The van der Waals surface area contributed by atoms with Gasteiger partial charge in [0, 0.05) is 25.0 Å². The Morgan fingerprint density at radius 3 is 2.03 bits per heavy atom. The minimum absolute atomic E-state index is 0.113. The van der Waals surface area contributed by atoms with Gasteiger partial charge in [0.25, 0.3) is 0 Å². The van der Waals surface area contributed by atoms with Gasteiger partial charge in [0.15, 0.2) is 0 Å². The van der Waals surface area contributed by atoms with Crippen LogP contribution in [0.2, 0.25) is 0 Å². The number of aliphatic hydroxyl groups excluding tert-OH is 1. The highest BCUT2D eigenvalue weighted by Gasteiger charge is 2.28. The standard InChI is InChI=1S/C28H35N3O/c1-3-17-31(28(23-11-6-4-7-12-23)24-13-8-5-9-14-24)26(20-29)18-22(2)19-27(32)25-15-10-16-30-21-25/h4-16,21,26-28,32H,2-3,17-20,29H2,1H3/t26-,27?/m0/s1. The van der Waals surface area contributed by atoms with Crippen molar-refractivity contribution in [1.29, 1.82) is 0 Å². The van der Waals surface area contributed by atoms with Gasteiger partial charge in [-0.3, -0.25) is 9.88 Å². The Kier molecular flexibility index (Phi) is 9.17. The van der Waals surface area contributed by atoms with Crippen LogP contribution >= 0.6 is 0 Å². The number of aromatic nitrogens is 1. The van der Waals surface area contributed by atoms with E-state index in [0.717, 1.165) is 30.5 Å². The van der Waals surface area contributed by atoms with Crippen LogP contribution in [0.4, 0.5) is 0 Å². The molecule has 0 aliphatic carbocycles. The second-order valence-electron chi connectivity index (χ2n) is 8.31. The van der Waals surface area contributed by atoms with E-state index in [1.54, 1.807) is 12.4 Å². The van der Waals surface area contributed by atoms with E-state index in [0.29, 0.717) is 13.0 Å². The molecule has 0 radical (unpaired) electrons. The molecule has 4 heteroatoms. The first-order chi connectivity index (χ1) is 15.6. The lowest BCUT2D eigenvalue weighted by atomic mass is 9.92. The molecule has 3 N–H and O–H groups in total. The van der Waals surface area contributed by atoms with Crippen molar-refractivity contribution in [1.82, 2.24) is 9.88 Å². The van der Waals surface area contributed by atoms with E-state index in [-0.39, 0.29) is 12.1 Å². The first kappa shape index (κ1) is 23.9. The van der Waals surface area contributed by atoms with Gasteiger partial charge < -0.3 is 10.8 Å². The van der Waals surface area contributed by atoms with E-state index in [2.05, 4.69) is 84.1 Å². The quantitative estimate of drug-likeness (QED) is 0.385. The fourth-order valence-corrected chi connectivity index (χ4v) is 4.34. The Balaban J connectivity index is 1.83. The van der Waals surface area contributed by atoms with Gasteiger partial charge in [0.2, 0.25) is 0 Å². The summed E-state index contributed by atoms with van der Waals surface area (Å²) in [6.07, 6.45) is 5.09. The summed E-state index contributed by atoms with van der Waals surface area (Å²) in [5.41, 5.74) is 10.7. The minimum Gasteiger partial charge on any atom is -0.388 e. The molecule has 0 aliphatic heterocycles. The second kappa shape index (κ2) is 12.3. The van der Waals surface area contributed by atoms with Crippen LogP contribution in [0.1, 0.15) is 55.0 Å². The van der Waals surface area contributed by atoms with E-state index in [9.17, 15) is 5.11 Å². The average molecular weight is 430 g/mol. The molecule has 0 bridgehead atoms. The van der Waals surface area contributed by atoms with Crippen LogP contribution in [-0.2, 0) is 0 Å². The Labute approximate surface area is 192 Å². The highest BCUT2D eigenvalue weighted by Crippen LogP contribution is 2.33. The van der Waals surface area contributed by atoms with Gasteiger partial charge in [-0.25, -0.2) is 0 Å². The molecule has 0 saturated heterocycles. The number of hydrogen-bond donors (Lipinski definition) is 2. The minimum atomic E-state index is -0.603. The first-order valence-corrected chi connectivity index (χ1v) is 11.4. The van der Waals surface area contributed by atoms with Crippen molar-refractivity contribution in [3.8, 4) is 0 Å². The molecule has 4 nitrogen and oxygen atoms in total. The fraction of sp³-hybridized carbons (Fsp3) is 0.321. The molecule has 0 amide bonds. The molecule has 168 valence electrons. The van der Waals surface area contributed by atoms with Crippen molar-refractivity contribution in [2.75, 3.05) is 13.1 Å². The summed E-state index contributed by atoms with van der Waals surface area (Å²) in [5.74, 6) is 0. The smallest absolute Gasteiger partial charge is 0.0841 e. The molecule has 0 aliphatic rings. The highest BCUT2D eigenvalue weighted by atomic mass is 16.3. The van der Waals surface area contributed by atoms with Crippen molar-refractivity contribution < 1.29 is 5.11 Å². The van der Waals surface area contributed by atoms with Crippen LogP contribution in [0.25, 0.3) is 0 Å². The highest BCUT2D eigenvalue weighted by molar-refractivity contribution is 5.32. The summed E-state index contributed by atoms with van der Waals surface area (Å²) in [5, 5.41) is 10.6. The molecule has 0 fully saturated rings. The van der Waals surface area contributed by atoms with Gasteiger partial charge in [-0.05, 0) is 48.6 Å². The lowest BCUT2D eigenvalue weighted by Crippen LogP contribution is -2.44. The maximum Gasteiger partial charge on any atom is 0.0841 e. The molecule has 3 aromatic rings. The summed E-state index contributed by atoms with van der Waals surface area (Å²) in [4.78, 5) is 6.62. The van der Waals surface area contributed by atoms with E-state index < -0.39 is 6.10 Å². The molecule has 0 spiro atoms. The Bertz CT molecular complexity index is 891. The van der Waals surface area contributed by atoms with Gasteiger partial charge in [-0.1, -0.05) is 85.8 Å². The van der Waals surface area contributed by atoms with Crippen LogP contribution in [0.5, 0.6) is 0 Å². The van der Waals surface area contributed by atoms with E-state index in [1.165, 1.54) is 11.1 Å². The molecule has 32 heavy (non-hydrogen) atoms.